The van der Waals surface area contributed by atoms with Crippen LogP contribution in [0.2, 0.25) is 0 Å². The van der Waals surface area contributed by atoms with E-state index >= 15 is 4.39 Å². The van der Waals surface area contributed by atoms with Crippen molar-refractivity contribution in [2.45, 2.75) is 58.5 Å². The van der Waals surface area contributed by atoms with Gasteiger partial charge in [0.2, 0.25) is 0 Å². The van der Waals surface area contributed by atoms with Gasteiger partial charge >= 0.3 is 12.3 Å². The van der Waals surface area contributed by atoms with Gasteiger partial charge in [0, 0.05) is 63.1 Å². The molecule has 1 N–H and O–H groups in total. The lowest BCUT2D eigenvalue weighted by atomic mass is 10.0. The lowest BCUT2D eigenvalue weighted by molar-refractivity contribution is -0.138. The predicted molar refractivity (Wildman–Crippen MR) is 156 cm³/mol. The highest BCUT2D eigenvalue weighted by Gasteiger charge is 2.37. The molecule has 1 aromatic heterocycles. The van der Waals surface area contributed by atoms with E-state index in [1.165, 1.54) is 24.1 Å². The molecule has 3 heterocycles. The van der Waals surface area contributed by atoms with Gasteiger partial charge in [-0.05, 0) is 59.4 Å². The van der Waals surface area contributed by atoms with Gasteiger partial charge in [0.1, 0.15) is 11.4 Å². The summed E-state index contributed by atoms with van der Waals surface area (Å²) in [5.41, 5.74) is -2.80. The third-order valence-corrected chi connectivity index (χ3v) is 7.73. The van der Waals surface area contributed by atoms with Gasteiger partial charge in [-0.15, -0.1) is 0 Å². The molecular weight excluding hydrogens is 570 g/mol. The second kappa shape index (κ2) is 11.7. The molecule has 4 rings (SSSR count). The van der Waals surface area contributed by atoms with Gasteiger partial charge in [-0.25, -0.2) is 9.18 Å². The van der Waals surface area contributed by atoms with Crippen LogP contribution in [0.25, 0.3) is 5.57 Å². The molecule has 43 heavy (non-hydrogen) atoms. The van der Waals surface area contributed by atoms with Crippen LogP contribution in [-0.4, -0.2) is 77.3 Å². The Morgan fingerprint density at radius 3 is 2.23 bits per heavy atom. The zero-order valence-corrected chi connectivity index (χ0v) is 25.3. The van der Waals surface area contributed by atoms with E-state index in [1.807, 2.05) is 25.8 Å². The summed E-state index contributed by atoms with van der Waals surface area (Å²) in [5, 5.41) is 2.57. The number of ether oxygens (including phenoxy) is 1. The first-order valence-corrected chi connectivity index (χ1v) is 13.9. The van der Waals surface area contributed by atoms with E-state index in [2.05, 4.69) is 10.2 Å². The van der Waals surface area contributed by atoms with Gasteiger partial charge in [0.25, 0.3) is 11.5 Å². The fraction of sp³-hybridized carbons (Fsp3) is 0.500. The monoisotopic (exact) mass is 607 g/mol. The number of amides is 2. The first kappa shape index (κ1) is 32.1. The second-order valence-corrected chi connectivity index (χ2v) is 12.2. The molecule has 9 nitrogen and oxygen atoms in total. The Morgan fingerprint density at radius 1 is 1.02 bits per heavy atom. The summed E-state index contributed by atoms with van der Waals surface area (Å²) in [4.78, 5) is 43.5. The number of anilines is 2. The number of piperazine rings is 1. The largest absolute Gasteiger partial charge is 0.444 e. The Labute approximate surface area is 247 Å². The molecule has 0 aliphatic carbocycles. The van der Waals surface area contributed by atoms with E-state index < -0.39 is 46.3 Å². The van der Waals surface area contributed by atoms with Gasteiger partial charge in [0.05, 0.1) is 22.5 Å². The minimum Gasteiger partial charge on any atom is -0.444 e. The third kappa shape index (κ3) is 7.03. The molecule has 2 aliphatic rings. The minimum absolute atomic E-state index is 0.0418. The average Bonchev–Trinajstić information content (AvgIpc) is 3.38. The van der Waals surface area contributed by atoms with E-state index in [0.717, 1.165) is 10.8 Å². The number of benzene rings is 1. The summed E-state index contributed by atoms with van der Waals surface area (Å²) >= 11 is 0. The summed E-state index contributed by atoms with van der Waals surface area (Å²) in [5.74, 6) is -1.71. The van der Waals surface area contributed by atoms with Crippen LogP contribution in [0.5, 0.6) is 0 Å². The van der Waals surface area contributed by atoms with Crippen LogP contribution >= 0.6 is 0 Å². The average molecular weight is 608 g/mol. The summed E-state index contributed by atoms with van der Waals surface area (Å²) < 4.78 is 63.6. The van der Waals surface area contributed by atoms with Gasteiger partial charge in [-0.1, -0.05) is 6.08 Å². The van der Waals surface area contributed by atoms with Crippen LogP contribution in [0.1, 0.15) is 56.1 Å². The number of alkyl halides is 3. The van der Waals surface area contributed by atoms with Crippen molar-refractivity contribution < 1.29 is 31.9 Å². The molecule has 0 spiro atoms. The number of rotatable bonds is 4. The van der Waals surface area contributed by atoms with Gasteiger partial charge < -0.3 is 24.4 Å². The number of hydrogen-bond donors (Lipinski definition) is 1. The van der Waals surface area contributed by atoms with Crippen LogP contribution in [0.15, 0.2) is 35.3 Å². The quantitative estimate of drug-likeness (QED) is 0.495. The molecule has 1 aromatic carbocycles. The minimum atomic E-state index is -4.96. The van der Waals surface area contributed by atoms with Crippen molar-refractivity contribution in [1.82, 2.24) is 14.4 Å². The highest BCUT2D eigenvalue weighted by molar-refractivity contribution is 6.07. The summed E-state index contributed by atoms with van der Waals surface area (Å²) in [6, 6.07) is 3.16. The lowest BCUT2D eigenvalue weighted by Crippen LogP contribution is -2.55. The fourth-order valence-corrected chi connectivity index (χ4v) is 5.22. The fourth-order valence-electron chi connectivity index (χ4n) is 5.22. The molecule has 2 atom stereocenters. The van der Waals surface area contributed by atoms with Crippen LogP contribution in [0.3, 0.4) is 0 Å². The summed E-state index contributed by atoms with van der Waals surface area (Å²) in [6.45, 7) is 10.4. The van der Waals surface area contributed by atoms with Crippen molar-refractivity contribution in [1.29, 1.82) is 0 Å². The van der Waals surface area contributed by atoms with Crippen molar-refractivity contribution in [2.24, 2.45) is 7.05 Å². The Bertz CT molecular complexity index is 1500. The SMILES string of the molecule is CC1CN(c2cc(F)c(C3=CCN(C(=O)OC(C)(C)C)C3)cc2NC(=O)c2cn(C)c(=O)cc2C(F)(F)F)C[C@@H](C)N1C. The second-order valence-electron chi connectivity index (χ2n) is 12.2. The zero-order chi connectivity index (χ0) is 32.0. The van der Waals surface area contributed by atoms with Gasteiger partial charge in [-0.2, -0.15) is 13.2 Å². The molecule has 0 bridgehead atoms. The lowest BCUT2D eigenvalue weighted by Gasteiger charge is -2.44. The molecule has 2 aromatic rings. The highest BCUT2D eigenvalue weighted by atomic mass is 19.4. The molecule has 1 fully saturated rings. The van der Waals surface area contributed by atoms with E-state index in [1.54, 1.807) is 26.8 Å². The maximum atomic E-state index is 15.8. The van der Waals surface area contributed by atoms with Gasteiger partial charge in [0.15, 0.2) is 0 Å². The number of likely N-dealkylation sites (N-methyl/N-ethyl adjacent to an activating group) is 1. The van der Waals surface area contributed by atoms with Crippen molar-refractivity contribution in [3.05, 3.63) is 63.3 Å². The van der Waals surface area contributed by atoms with Crippen molar-refractivity contribution in [2.75, 3.05) is 43.4 Å². The number of halogens is 4. The Kier molecular flexibility index (Phi) is 8.70. The van der Waals surface area contributed by atoms with Crippen molar-refractivity contribution >= 4 is 28.9 Å². The molecule has 234 valence electrons. The molecule has 0 saturated carbocycles. The molecule has 2 aliphatic heterocycles. The highest BCUT2D eigenvalue weighted by Crippen LogP contribution is 2.37. The van der Waals surface area contributed by atoms with Crippen LogP contribution < -0.4 is 15.8 Å². The van der Waals surface area contributed by atoms with E-state index in [9.17, 15) is 27.6 Å². The molecule has 0 radical (unpaired) electrons. The first-order chi connectivity index (χ1) is 19.9. The number of aryl methyl sites for hydroxylation is 1. The van der Waals surface area contributed by atoms with Crippen molar-refractivity contribution in [3.63, 3.8) is 0 Å². The number of nitrogens with one attached hydrogen (secondary N) is 1. The topological polar surface area (TPSA) is 87.1 Å². The summed E-state index contributed by atoms with van der Waals surface area (Å²) in [6.07, 6.45) is -3.02. The third-order valence-electron chi connectivity index (χ3n) is 7.73. The van der Waals surface area contributed by atoms with E-state index in [4.69, 9.17) is 4.74 Å². The van der Waals surface area contributed by atoms with Crippen LogP contribution in [0.4, 0.5) is 33.7 Å². The maximum Gasteiger partial charge on any atom is 0.417 e. The molecule has 1 unspecified atom stereocenters. The Morgan fingerprint density at radius 2 is 1.65 bits per heavy atom. The number of carbonyl (C=O) groups excluding carboxylic acids is 2. The number of pyridine rings is 1. The number of nitrogens with zero attached hydrogens (tertiary/aromatic N) is 4. The molecule has 1 saturated heterocycles. The normalized spacial score (nSPS) is 19.8. The zero-order valence-electron chi connectivity index (χ0n) is 25.3. The number of carbonyl (C=O) groups is 2. The van der Waals surface area contributed by atoms with Crippen LogP contribution in [0, 0.1) is 5.82 Å². The van der Waals surface area contributed by atoms with E-state index in [0.29, 0.717) is 30.4 Å². The summed E-state index contributed by atoms with van der Waals surface area (Å²) in [7, 11) is 3.22. The smallest absolute Gasteiger partial charge is 0.417 e. The first-order valence-electron chi connectivity index (χ1n) is 13.9. The van der Waals surface area contributed by atoms with Crippen molar-refractivity contribution in [3.8, 4) is 0 Å². The van der Waals surface area contributed by atoms with E-state index in [-0.39, 0.29) is 36.4 Å². The molecule has 13 heteroatoms. The maximum absolute atomic E-state index is 15.8. The number of hydrogen-bond acceptors (Lipinski definition) is 6. The van der Waals surface area contributed by atoms with Crippen LogP contribution in [-0.2, 0) is 18.0 Å². The molecule has 2 amide bonds. The van der Waals surface area contributed by atoms with Gasteiger partial charge in [-0.3, -0.25) is 14.5 Å². The molecular formula is C30H37F4N5O4. The standard InChI is InChI=1S/C30H37F4N5O4/c1-17-13-39(14-18(2)37(17)7)25-12-23(31)20(19-8-9-38(15-19)28(42)43-29(3,4)5)10-24(25)35-27(41)21-16-36(6)26(40)11-22(21)30(32,33)34/h8,10-12,16-18H,9,13-15H2,1-7H3,(H,35,41)/t17-,18?/m1/s1. The Balaban J connectivity index is 1.75. The predicted octanol–water partition coefficient (Wildman–Crippen LogP) is 4.96. The number of aromatic nitrogens is 1. The Hall–Kier alpha value is -3.87.